The van der Waals surface area contributed by atoms with Gasteiger partial charge in [-0.1, -0.05) is 227 Å². The highest BCUT2D eigenvalue weighted by molar-refractivity contribution is 5.71. The molecule has 0 aromatic heterocycles. The first-order chi connectivity index (χ1) is 26.7. The van der Waals surface area contributed by atoms with E-state index in [-0.39, 0.29) is 31.1 Å². The van der Waals surface area contributed by atoms with Gasteiger partial charge in [0.1, 0.15) is 13.2 Å². The molecule has 0 aliphatic rings. The number of carbonyl (C=O) groups excluding carboxylic acids is 3. The molecule has 0 saturated carbocycles. The van der Waals surface area contributed by atoms with Crippen molar-refractivity contribution >= 4 is 17.9 Å². The molecule has 0 saturated heterocycles. The number of rotatable bonds is 43. The van der Waals surface area contributed by atoms with Gasteiger partial charge in [-0.05, 0) is 31.1 Å². The van der Waals surface area contributed by atoms with E-state index in [2.05, 4.69) is 34.6 Å². The minimum absolute atomic E-state index is 0.0646. The van der Waals surface area contributed by atoms with Gasteiger partial charge < -0.3 is 14.2 Å². The fourth-order valence-electron chi connectivity index (χ4n) is 7.28. The Bertz CT molecular complexity index is 839. The average Bonchev–Trinajstić information content (AvgIpc) is 3.15. The Morgan fingerprint density at radius 2 is 0.600 bits per heavy atom. The molecule has 0 bridgehead atoms. The molecule has 326 valence electrons. The second kappa shape index (κ2) is 42.0. The minimum atomic E-state index is -0.760. The molecule has 0 aliphatic carbocycles. The molecule has 6 heteroatoms. The molecular formula is C49H94O6. The minimum Gasteiger partial charge on any atom is -0.462 e. The van der Waals surface area contributed by atoms with Crippen molar-refractivity contribution in [3.8, 4) is 0 Å². The third kappa shape index (κ3) is 43.4. The van der Waals surface area contributed by atoms with Crippen LogP contribution in [0.3, 0.4) is 0 Å². The summed E-state index contributed by atoms with van der Waals surface area (Å²) in [5, 5.41) is 0. The van der Waals surface area contributed by atoms with Crippen molar-refractivity contribution in [2.45, 2.75) is 272 Å². The lowest BCUT2D eigenvalue weighted by molar-refractivity contribution is -0.167. The summed E-state index contributed by atoms with van der Waals surface area (Å²) in [6.07, 6.45) is 40.9. The van der Waals surface area contributed by atoms with Crippen LogP contribution in [0.1, 0.15) is 266 Å². The number of hydrogen-bond acceptors (Lipinski definition) is 6. The van der Waals surface area contributed by atoms with Crippen molar-refractivity contribution in [1.29, 1.82) is 0 Å². The van der Waals surface area contributed by atoms with Crippen molar-refractivity contribution < 1.29 is 28.6 Å². The van der Waals surface area contributed by atoms with Crippen LogP contribution in [-0.2, 0) is 28.6 Å². The van der Waals surface area contributed by atoms with Crippen molar-refractivity contribution in [2.24, 2.45) is 11.8 Å². The maximum absolute atomic E-state index is 12.7. The molecule has 0 fully saturated rings. The maximum atomic E-state index is 12.7. The fraction of sp³-hybridized carbons (Fsp3) is 0.939. The molecule has 0 spiro atoms. The van der Waals surface area contributed by atoms with E-state index in [1.165, 1.54) is 154 Å². The lowest BCUT2D eigenvalue weighted by Gasteiger charge is -2.18. The average molecular weight is 779 g/mol. The molecule has 0 amide bonds. The van der Waals surface area contributed by atoms with Crippen LogP contribution < -0.4 is 0 Å². The Hall–Kier alpha value is -1.59. The van der Waals surface area contributed by atoms with Gasteiger partial charge in [0.05, 0.1) is 0 Å². The van der Waals surface area contributed by atoms with E-state index in [0.29, 0.717) is 19.3 Å². The van der Waals surface area contributed by atoms with Gasteiger partial charge in [-0.15, -0.1) is 0 Å². The maximum Gasteiger partial charge on any atom is 0.306 e. The smallest absolute Gasteiger partial charge is 0.306 e. The molecule has 0 aromatic rings. The van der Waals surface area contributed by atoms with Crippen molar-refractivity contribution in [1.82, 2.24) is 0 Å². The van der Waals surface area contributed by atoms with Crippen LogP contribution >= 0.6 is 0 Å². The molecule has 0 aliphatic heterocycles. The number of ether oxygens (including phenoxy) is 3. The third-order valence-electron chi connectivity index (χ3n) is 11.0. The predicted octanol–water partition coefficient (Wildman–Crippen LogP) is 15.4. The van der Waals surface area contributed by atoms with Gasteiger partial charge in [-0.2, -0.15) is 0 Å². The van der Waals surface area contributed by atoms with E-state index in [9.17, 15) is 14.4 Å². The summed E-state index contributed by atoms with van der Waals surface area (Å²) in [6.45, 7) is 11.3. The lowest BCUT2D eigenvalue weighted by atomic mass is 10.0. The van der Waals surface area contributed by atoms with E-state index in [1.807, 2.05) is 0 Å². The van der Waals surface area contributed by atoms with E-state index in [0.717, 1.165) is 69.6 Å². The van der Waals surface area contributed by atoms with Gasteiger partial charge in [-0.3, -0.25) is 14.4 Å². The van der Waals surface area contributed by atoms with Gasteiger partial charge in [0, 0.05) is 19.3 Å². The molecule has 0 rings (SSSR count). The largest absolute Gasteiger partial charge is 0.462 e. The van der Waals surface area contributed by atoms with Crippen molar-refractivity contribution in [3.05, 3.63) is 0 Å². The summed E-state index contributed by atoms with van der Waals surface area (Å²) in [6, 6.07) is 0. The van der Waals surface area contributed by atoms with Gasteiger partial charge in [0.25, 0.3) is 0 Å². The predicted molar refractivity (Wildman–Crippen MR) is 233 cm³/mol. The normalized spacial score (nSPS) is 12.1. The van der Waals surface area contributed by atoms with E-state index in [1.54, 1.807) is 0 Å². The van der Waals surface area contributed by atoms with Gasteiger partial charge >= 0.3 is 17.9 Å². The Balaban J connectivity index is 4.28. The van der Waals surface area contributed by atoms with Crippen LogP contribution in [0.15, 0.2) is 0 Å². The van der Waals surface area contributed by atoms with Crippen molar-refractivity contribution in [3.63, 3.8) is 0 Å². The lowest BCUT2D eigenvalue weighted by Crippen LogP contribution is -2.30. The zero-order chi connectivity index (χ0) is 40.5. The summed E-state index contributed by atoms with van der Waals surface area (Å²) in [7, 11) is 0. The molecule has 0 aromatic carbocycles. The van der Waals surface area contributed by atoms with E-state index >= 15 is 0 Å². The van der Waals surface area contributed by atoms with Crippen LogP contribution in [0.5, 0.6) is 0 Å². The summed E-state index contributed by atoms with van der Waals surface area (Å²) in [5.74, 6) is 0.777. The molecule has 0 radical (unpaired) electrons. The molecule has 6 nitrogen and oxygen atoms in total. The van der Waals surface area contributed by atoms with Crippen molar-refractivity contribution in [2.75, 3.05) is 13.2 Å². The SMILES string of the molecule is CCCCCCCCCCCCC(=O)OC[C@@H](COC(=O)CCCCCCCCCCCCCCCC(C)C)OC(=O)CCCCCCCCCCC(C)C. The van der Waals surface area contributed by atoms with Crippen LogP contribution in [0.4, 0.5) is 0 Å². The first-order valence-corrected chi connectivity index (χ1v) is 24.2. The van der Waals surface area contributed by atoms with Gasteiger partial charge in [-0.25, -0.2) is 0 Å². The first-order valence-electron chi connectivity index (χ1n) is 24.2. The highest BCUT2D eigenvalue weighted by Crippen LogP contribution is 2.17. The second-order valence-electron chi connectivity index (χ2n) is 17.7. The highest BCUT2D eigenvalue weighted by Gasteiger charge is 2.19. The number of unbranched alkanes of at least 4 members (excludes halogenated alkanes) is 28. The monoisotopic (exact) mass is 779 g/mol. The van der Waals surface area contributed by atoms with Gasteiger partial charge in [0.2, 0.25) is 0 Å². The molecule has 1 atom stereocenters. The molecule has 0 N–H and O–H groups in total. The number of esters is 3. The zero-order valence-electron chi connectivity index (χ0n) is 37.6. The fourth-order valence-corrected chi connectivity index (χ4v) is 7.28. The Morgan fingerprint density at radius 3 is 0.891 bits per heavy atom. The number of hydrogen-bond donors (Lipinski definition) is 0. The Morgan fingerprint density at radius 1 is 0.345 bits per heavy atom. The molecule has 0 heterocycles. The van der Waals surface area contributed by atoms with Crippen LogP contribution in [0.2, 0.25) is 0 Å². The zero-order valence-corrected chi connectivity index (χ0v) is 37.6. The van der Waals surface area contributed by atoms with Crippen LogP contribution in [-0.4, -0.2) is 37.2 Å². The molecule has 55 heavy (non-hydrogen) atoms. The van der Waals surface area contributed by atoms with Gasteiger partial charge in [0.15, 0.2) is 6.10 Å². The number of carbonyl (C=O) groups is 3. The van der Waals surface area contributed by atoms with E-state index in [4.69, 9.17) is 14.2 Å². The van der Waals surface area contributed by atoms with E-state index < -0.39 is 6.10 Å². The topological polar surface area (TPSA) is 78.9 Å². The second-order valence-corrected chi connectivity index (χ2v) is 17.7. The summed E-state index contributed by atoms with van der Waals surface area (Å²) in [5.41, 5.74) is 0. The molecular weight excluding hydrogens is 685 g/mol. The quantitative estimate of drug-likeness (QED) is 0.0348. The van der Waals surface area contributed by atoms with Crippen LogP contribution in [0.25, 0.3) is 0 Å². The Labute approximate surface area is 342 Å². The third-order valence-corrected chi connectivity index (χ3v) is 11.0. The summed E-state index contributed by atoms with van der Waals surface area (Å²) < 4.78 is 16.7. The molecule has 0 unspecified atom stereocenters. The summed E-state index contributed by atoms with van der Waals surface area (Å²) >= 11 is 0. The Kier molecular flexibility index (Phi) is 40.8. The van der Waals surface area contributed by atoms with Crippen LogP contribution in [0, 0.1) is 11.8 Å². The highest BCUT2D eigenvalue weighted by atomic mass is 16.6. The standard InChI is InChI=1S/C49H94O6/c1-6-7-8-9-10-11-18-24-29-34-39-47(50)53-42-46(55-49(52)41-36-31-26-21-20-23-28-33-38-45(4)5)43-54-48(51)40-35-30-25-19-16-14-12-13-15-17-22-27-32-37-44(2)3/h44-46H,6-43H2,1-5H3/t46-/m0/s1. The first kappa shape index (κ1) is 53.4. The summed E-state index contributed by atoms with van der Waals surface area (Å²) in [4.78, 5) is 37.8.